The predicted molar refractivity (Wildman–Crippen MR) is 63.4 cm³/mol. The molecule has 0 bridgehead atoms. The van der Waals surface area contributed by atoms with Gasteiger partial charge in [0, 0.05) is 6.08 Å². The number of carbonyl (C=O) groups is 1. The number of benzene rings is 1. The number of hydrogen-bond donors (Lipinski definition) is 2. The molecule has 0 aliphatic carbocycles. The van der Waals surface area contributed by atoms with Crippen molar-refractivity contribution in [3.63, 3.8) is 0 Å². The van der Waals surface area contributed by atoms with Crippen molar-refractivity contribution in [2.45, 2.75) is 6.92 Å². The standard InChI is InChI=1S/C12H13FN2O/c1-2-3-4-5-12(16)15-11-8-9(13)6-7-10(11)14/h2-8H,14H2,1H3,(H,15,16). The Morgan fingerprint density at radius 1 is 1.44 bits per heavy atom. The van der Waals surface area contributed by atoms with Crippen LogP contribution in [0.3, 0.4) is 0 Å². The van der Waals surface area contributed by atoms with Gasteiger partial charge in [-0.05, 0) is 25.1 Å². The summed E-state index contributed by atoms with van der Waals surface area (Å²) in [5, 5.41) is 2.49. The molecule has 1 amide bonds. The SMILES string of the molecule is CC=CC=CC(=O)Nc1cc(F)ccc1N. The van der Waals surface area contributed by atoms with Gasteiger partial charge in [-0.3, -0.25) is 4.79 Å². The predicted octanol–water partition coefficient (Wildman–Crippen LogP) is 2.48. The number of amides is 1. The molecule has 0 spiro atoms. The summed E-state index contributed by atoms with van der Waals surface area (Å²) in [6.45, 7) is 1.84. The summed E-state index contributed by atoms with van der Waals surface area (Å²) in [5.41, 5.74) is 6.17. The molecule has 16 heavy (non-hydrogen) atoms. The summed E-state index contributed by atoms with van der Waals surface area (Å²) in [7, 11) is 0. The van der Waals surface area contributed by atoms with E-state index in [1.54, 1.807) is 18.2 Å². The number of anilines is 2. The van der Waals surface area contributed by atoms with E-state index in [1.165, 1.54) is 24.3 Å². The van der Waals surface area contributed by atoms with Crippen molar-refractivity contribution in [3.05, 3.63) is 48.3 Å². The molecule has 0 fully saturated rings. The lowest BCUT2D eigenvalue weighted by Crippen LogP contribution is -2.09. The maximum absolute atomic E-state index is 12.9. The smallest absolute Gasteiger partial charge is 0.248 e. The first-order valence-corrected chi connectivity index (χ1v) is 4.79. The number of carbonyl (C=O) groups excluding carboxylic acids is 1. The molecule has 0 aliphatic rings. The molecule has 0 heterocycles. The average Bonchev–Trinajstić information content (AvgIpc) is 2.24. The third-order valence-electron chi connectivity index (χ3n) is 1.82. The minimum absolute atomic E-state index is 0.273. The first-order valence-electron chi connectivity index (χ1n) is 4.79. The van der Waals surface area contributed by atoms with Crippen LogP contribution >= 0.6 is 0 Å². The van der Waals surface area contributed by atoms with Gasteiger partial charge < -0.3 is 11.1 Å². The summed E-state index contributed by atoms with van der Waals surface area (Å²) in [6, 6.07) is 3.82. The molecule has 0 aliphatic heterocycles. The molecule has 3 N–H and O–H groups in total. The summed E-state index contributed by atoms with van der Waals surface area (Å²) in [4.78, 5) is 11.3. The Labute approximate surface area is 93.5 Å². The average molecular weight is 220 g/mol. The lowest BCUT2D eigenvalue weighted by molar-refractivity contribution is -0.111. The Bertz CT molecular complexity index is 439. The van der Waals surface area contributed by atoms with Crippen LogP contribution in [0.1, 0.15) is 6.92 Å². The van der Waals surface area contributed by atoms with Crippen LogP contribution in [0.4, 0.5) is 15.8 Å². The first-order chi connectivity index (χ1) is 7.63. The number of nitrogen functional groups attached to an aromatic ring is 1. The van der Waals surface area contributed by atoms with E-state index in [-0.39, 0.29) is 11.6 Å². The monoisotopic (exact) mass is 220 g/mol. The fourth-order valence-electron chi connectivity index (χ4n) is 1.07. The molecule has 0 atom stereocenters. The van der Waals surface area contributed by atoms with Crippen molar-refractivity contribution in [1.29, 1.82) is 0 Å². The van der Waals surface area contributed by atoms with Gasteiger partial charge in [0.2, 0.25) is 5.91 Å². The fraction of sp³-hybridized carbons (Fsp3) is 0.0833. The molecule has 1 aromatic rings. The second-order valence-electron chi connectivity index (χ2n) is 3.11. The summed E-state index contributed by atoms with van der Waals surface area (Å²) in [5.74, 6) is -0.794. The van der Waals surface area contributed by atoms with E-state index in [9.17, 15) is 9.18 Å². The summed E-state index contributed by atoms with van der Waals surface area (Å²) >= 11 is 0. The Kier molecular flexibility index (Phi) is 4.27. The minimum atomic E-state index is -0.443. The lowest BCUT2D eigenvalue weighted by Gasteiger charge is -2.05. The van der Waals surface area contributed by atoms with Gasteiger partial charge in [-0.15, -0.1) is 0 Å². The van der Waals surface area contributed by atoms with Crippen LogP contribution in [0.5, 0.6) is 0 Å². The molecule has 3 nitrogen and oxygen atoms in total. The van der Waals surface area contributed by atoms with Crippen LogP contribution in [0.2, 0.25) is 0 Å². The van der Waals surface area contributed by atoms with Gasteiger partial charge in [-0.1, -0.05) is 18.2 Å². The molecular formula is C12H13FN2O. The molecule has 0 unspecified atom stereocenters. The van der Waals surface area contributed by atoms with Gasteiger partial charge in [0.15, 0.2) is 0 Å². The maximum Gasteiger partial charge on any atom is 0.248 e. The molecule has 0 aromatic heterocycles. The van der Waals surface area contributed by atoms with Gasteiger partial charge in [-0.25, -0.2) is 4.39 Å². The van der Waals surface area contributed by atoms with Crippen molar-refractivity contribution in [2.24, 2.45) is 0 Å². The third-order valence-corrected chi connectivity index (χ3v) is 1.82. The van der Waals surface area contributed by atoms with Crippen LogP contribution in [-0.4, -0.2) is 5.91 Å². The Morgan fingerprint density at radius 2 is 2.19 bits per heavy atom. The number of halogens is 1. The number of rotatable bonds is 3. The van der Waals surface area contributed by atoms with Crippen LogP contribution in [0.25, 0.3) is 0 Å². The Morgan fingerprint density at radius 3 is 2.88 bits per heavy atom. The summed E-state index contributed by atoms with van der Waals surface area (Å²) < 4.78 is 12.9. The highest BCUT2D eigenvalue weighted by atomic mass is 19.1. The van der Waals surface area contributed by atoms with E-state index in [2.05, 4.69) is 5.32 Å². The molecule has 84 valence electrons. The lowest BCUT2D eigenvalue weighted by atomic mass is 10.2. The van der Waals surface area contributed by atoms with Gasteiger partial charge in [0.25, 0.3) is 0 Å². The fourth-order valence-corrected chi connectivity index (χ4v) is 1.07. The normalized spacial score (nSPS) is 11.1. The minimum Gasteiger partial charge on any atom is -0.397 e. The molecule has 0 radical (unpaired) electrons. The molecule has 4 heteroatoms. The van der Waals surface area contributed by atoms with Crippen molar-refractivity contribution in [3.8, 4) is 0 Å². The zero-order chi connectivity index (χ0) is 12.0. The molecular weight excluding hydrogens is 207 g/mol. The van der Waals surface area contributed by atoms with Crippen molar-refractivity contribution >= 4 is 17.3 Å². The number of hydrogen-bond acceptors (Lipinski definition) is 2. The second-order valence-corrected chi connectivity index (χ2v) is 3.11. The largest absolute Gasteiger partial charge is 0.397 e. The number of nitrogens with two attached hydrogens (primary N) is 1. The molecule has 1 rings (SSSR count). The Balaban J connectivity index is 2.73. The number of nitrogens with one attached hydrogen (secondary N) is 1. The molecule has 1 aromatic carbocycles. The Hall–Kier alpha value is -2.10. The van der Waals surface area contributed by atoms with Crippen LogP contribution in [0.15, 0.2) is 42.5 Å². The second kappa shape index (κ2) is 5.70. The maximum atomic E-state index is 12.9. The van der Waals surface area contributed by atoms with Crippen LogP contribution < -0.4 is 11.1 Å². The zero-order valence-electron chi connectivity index (χ0n) is 8.91. The van der Waals surface area contributed by atoms with E-state index in [0.717, 1.165) is 0 Å². The van der Waals surface area contributed by atoms with Crippen molar-refractivity contribution in [2.75, 3.05) is 11.1 Å². The van der Waals surface area contributed by atoms with E-state index in [4.69, 9.17) is 5.73 Å². The van der Waals surface area contributed by atoms with Gasteiger partial charge in [0.05, 0.1) is 11.4 Å². The molecule has 0 saturated heterocycles. The highest BCUT2D eigenvalue weighted by Gasteiger charge is 2.03. The van der Waals surface area contributed by atoms with Crippen molar-refractivity contribution in [1.82, 2.24) is 0 Å². The van der Waals surface area contributed by atoms with E-state index >= 15 is 0 Å². The van der Waals surface area contributed by atoms with E-state index < -0.39 is 5.82 Å². The van der Waals surface area contributed by atoms with E-state index in [1.807, 2.05) is 6.92 Å². The number of allylic oxidation sites excluding steroid dienone is 3. The van der Waals surface area contributed by atoms with Gasteiger partial charge in [0.1, 0.15) is 5.82 Å². The third kappa shape index (κ3) is 3.57. The topological polar surface area (TPSA) is 55.1 Å². The zero-order valence-corrected chi connectivity index (χ0v) is 8.91. The van der Waals surface area contributed by atoms with Gasteiger partial charge >= 0.3 is 0 Å². The highest BCUT2D eigenvalue weighted by Crippen LogP contribution is 2.18. The van der Waals surface area contributed by atoms with E-state index in [0.29, 0.717) is 5.69 Å². The quantitative estimate of drug-likeness (QED) is 0.467. The summed E-state index contributed by atoms with van der Waals surface area (Å²) in [6.07, 6.45) is 6.43. The van der Waals surface area contributed by atoms with Crippen LogP contribution in [-0.2, 0) is 4.79 Å². The van der Waals surface area contributed by atoms with Crippen LogP contribution in [0, 0.1) is 5.82 Å². The van der Waals surface area contributed by atoms with Gasteiger partial charge in [-0.2, -0.15) is 0 Å². The first kappa shape index (κ1) is 12.0. The molecule has 0 saturated carbocycles. The van der Waals surface area contributed by atoms with Crippen molar-refractivity contribution < 1.29 is 9.18 Å². The highest BCUT2D eigenvalue weighted by molar-refractivity contribution is 6.01.